The van der Waals surface area contributed by atoms with E-state index in [1.54, 1.807) is 18.6 Å². The van der Waals surface area contributed by atoms with E-state index in [9.17, 15) is 18.3 Å². The zero-order valence-corrected chi connectivity index (χ0v) is 14.5. The quantitative estimate of drug-likeness (QED) is 0.519. The minimum Gasteiger partial charge on any atom is -0.464 e. The molecule has 28 heavy (non-hydrogen) atoms. The number of alkyl halides is 3. The van der Waals surface area contributed by atoms with E-state index in [-0.39, 0.29) is 23.6 Å². The zero-order valence-electron chi connectivity index (χ0n) is 14.5. The van der Waals surface area contributed by atoms with Gasteiger partial charge in [0, 0.05) is 17.4 Å². The average Bonchev–Trinajstić information content (AvgIpc) is 3.37. The Bertz CT molecular complexity index is 1180. The van der Waals surface area contributed by atoms with Gasteiger partial charge in [-0.3, -0.25) is 0 Å². The molecule has 4 aromatic rings. The molecule has 2 aromatic carbocycles. The fourth-order valence-electron chi connectivity index (χ4n) is 4.06. The van der Waals surface area contributed by atoms with E-state index >= 15 is 0 Å². The van der Waals surface area contributed by atoms with Crippen molar-refractivity contribution in [3.8, 4) is 11.3 Å². The van der Waals surface area contributed by atoms with Gasteiger partial charge in [0.25, 0.3) is 0 Å². The van der Waals surface area contributed by atoms with Crippen LogP contribution < -0.4 is 0 Å². The summed E-state index contributed by atoms with van der Waals surface area (Å²) in [4.78, 5) is 4.15. The van der Waals surface area contributed by atoms with Gasteiger partial charge < -0.3 is 14.1 Å². The molecule has 0 bridgehead atoms. The average molecular weight is 384 g/mol. The molecule has 2 unspecified atom stereocenters. The zero-order chi connectivity index (χ0) is 19.5. The molecule has 3 heterocycles. The van der Waals surface area contributed by atoms with Crippen molar-refractivity contribution in [1.82, 2.24) is 9.55 Å². The third-order valence-corrected chi connectivity index (χ3v) is 5.33. The molecule has 1 aliphatic heterocycles. The molecule has 1 N–H and O–H groups in total. The SMILES string of the molecule is OC(CC1c2ccccc2-c2cncn21)c1cc2ccoc2cc1C(F)(F)F. The topological polar surface area (TPSA) is 51.2 Å². The van der Waals surface area contributed by atoms with Crippen LogP contribution in [0.3, 0.4) is 0 Å². The molecule has 5 rings (SSSR count). The molecule has 4 nitrogen and oxygen atoms in total. The fraction of sp³-hybridized carbons (Fsp3) is 0.190. The first kappa shape index (κ1) is 17.1. The van der Waals surface area contributed by atoms with Crippen molar-refractivity contribution in [2.24, 2.45) is 0 Å². The standard InChI is InChI=1S/C21H15F3N2O2/c22-21(23,24)16-8-20-12(5-6-28-20)7-15(16)19(27)9-17-13-3-1-2-4-14(13)18-10-25-11-26(17)18/h1-8,10-11,17,19,27H,9H2. The lowest BCUT2D eigenvalue weighted by Gasteiger charge is -2.22. The molecular formula is C21H15F3N2O2. The Hall–Kier alpha value is -3.06. The van der Waals surface area contributed by atoms with Crippen LogP contribution in [0.4, 0.5) is 13.2 Å². The highest BCUT2D eigenvalue weighted by atomic mass is 19.4. The molecule has 0 saturated carbocycles. The van der Waals surface area contributed by atoms with Gasteiger partial charge >= 0.3 is 6.18 Å². The first-order valence-corrected chi connectivity index (χ1v) is 8.81. The Kier molecular flexibility index (Phi) is 3.64. The Morgan fingerprint density at radius 3 is 2.82 bits per heavy atom. The number of nitrogens with zero attached hydrogens (tertiary/aromatic N) is 2. The minimum atomic E-state index is -4.59. The van der Waals surface area contributed by atoms with Gasteiger partial charge in [-0.15, -0.1) is 0 Å². The van der Waals surface area contributed by atoms with Crippen molar-refractivity contribution >= 4 is 11.0 Å². The van der Waals surface area contributed by atoms with Crippen molar-refractivity contribution in [3.63, 3.8) is 0 Å². The van der Waals surface area contributed by atoms with Crippen LogP contribution in [-0.4, -0.2) is 14.7 Å². The predicted octanol–water partition coefficient (Wildman–Crippen LogP) is 5.34. The van der Waals surface area contributed by atoms with Crippen LogP contribution >= 0.6 is 0 Å². The van der Waals surface area contributed by atoms with Crippen LogP contribution in [0.5, 0.6) is 0 Å². The number of fused-ring (bicyclic) bond motifs is 4. The van der Waals surface area contributed by atoms with Gasteiger partial charge in [-0.05, 0) is 29.3 Å². The van der Waals surface area contributed by atoms with E-state index in [0.29, 0.717) is 5.39 Å². The van der Waals surface area contributed by atoms with Crippen LogP contribution in [0.15, 0.2) is 65.7 Å². The van der Waals surface area contributed by atoms with Gasteiger partial charge in [0.15, 0.2) is 0 Å². The number of hydrogen-bond donors (Lipinski definition) is 1. The van der Waals surface area contributed by atoms with Gasteiger partial charge in [0.05, 0.1) is 42.2 Å². The van der Waals surface area contributed by atoms with Gasteiger partial charge in [-0.1, -0.05) is 24.3 Å². The van der Waals surface area contributed by atoms with Crippen LogP contribution in [0.25, 0.3) is 22.2 Å². The molecule has 0 aliphatic carbocycles. The Morgan fingerprint density at radius 2 is 2.00 bits per heavy atom. The first-order valence-electron chi connectivity index (χ1n) is 8.81. The van der Waals surface area contributed by atoms with Gasteiger partial charge in [-0.25, -0.2) is 4.98 Å². The number of imidazole rings is 1. The number of halogens is 3. The maximum atomic E-state index is 13.6. The Balaban J connectivity index is 1.57. The lowest BCUT2D eigenvalue weighted by Crippen LogP contribution is -2.15. The second-order valence-corrected chi connectivity index (χ2v) is 6.94. The summed E-state index contributed by atoms with van der Waals surface area (Å²) in [6.07, 6.45) is -1.08. The maximum absolute atomic E-state index is 13.6. The number of aromatic nitrogens is 2. The molecule has 0 radical (unpaired) electrons. The van der Waals surface area contributed by atoms with E-state index < -0.39 is 17.8 Å². The van der Waals surface area contributed by atoms with Crippen molar-refractivity contribution in [3.05, 3.63) is 77.9 Å². The number of aliphatic hydroxyl groups excluding tert-OH is 1. The summed E-state index contributed by atoms with van der Waals surface area (Å²) >= 11 is 0. The van der Waals surface area contributed by atoms with Gasteiger partial charge in [0.1, 0.15) is 5.58 Å². The van der Waals surface area contributed by atoms with Crippen molar-refractivity contribution in [1.29, 1.82) is 0 Å². The molecular weight excluding hydrogens is 369 g/mol. The van der Waals surface area contributed by atoms with Crippen molar-refractivity contribution < 1.29 is 22.7 Å². The number of aliphatic hydroxyl groups is 1. The smallest absolute Gasteiger partial charge is 0.416 e. The third kappa shape index (κ3) is 2.54. The molecule has 2 aromatic heterocycles. The van der Waals surface area contributed by atoms with Crippen LogP contribution in [-0.2, 0) is 6.18 Å². The lowest BCUT2D eigenvalue weighted by molar-refractivity contribution is -0.139. The summed E-state index contributed by atoms with van der Waals surface area (Å²) in [5.74, 6) is 0. The Morgan fingerprint density at radius 1 is 1.18 bits per heavy atom. The monoisotopic (exact) mass is 384 g/mol. The molecule has 0 saturated heterocycles. The molecule has 7 heteroatoms. The van der Waals surface area contributed by atoms with Gasteiger partial charge in [-0.2, -0.15) is 13.2 Å². The fourth-order valence-corrected chi connectivity index (χ4v) is 4.06. The highest BCUT2D eigenvalue weighted by molar-refractivity contribution is 5.79. The second-order valence-electron chi connectivity index (χ2n) is 6.94. The highest BCUT2D eigenvalue weighted by Crippen LogP contribution is 2.45. The minimum absolute atomic E-state index is 0.104. The second kappa shape index (κ2) is 5.97. The summed E-state index contributed by atoms with van der Waals surface area (Å²) in [6, 6.07) is 11.3. The summed E-state index contributed by atoms with van der Waals surface area (Å²) < 4.78 is 47.9. The molecule has 142 valence electrons. The maximum Gasteiger partial charge on any atom is 0.416 e. The van der Waals surface area contributed by atoms with Crippen LogP contribution in [0.1, 0.15) is 35.3 Å². The number of rotatable bonds is 3. The summed E-state index contributed by atoms with van der Waals surface area (Å²) in [6.45, 7) is 0. The Labute approximate surface area is 157 Å². The predicted molar refractivity (Wildman–Crippen MR) is 96.6 cm³/mol. The van der Waals surface area contributed by atoms with E-state index in [4.69, 9.17) is 4.42 Å². The number of benzene rings is 2. The van der Waals surface area contributed by atoms with Crippen molar-refractivity contribution in [2.75, 3.05) is 0 Å². The summed E-state index contributed by atoms with van der Waals surface area (Å²) in [5.41, 5.74) is 1.97. The van der Waals surface area contributed by atoms with Crippen LogP contribution in [0.2, 0.25) is 0 Å². The van der Waals surface area contributed by atoms with Crippen molar-refractivity contribution in [2.45, 2.75) is 24.7 Å². The molecule has 0 fully saturated rings. The van der Waals surface area contributed by atoms with E-state index in [1.165, 1.54) is 12.3 Å². The molecule has 1 aliphatic rings. The largest absolute Gasteiger partial charge is 0.464 e. The normalized spacial score (nSPS) is 16.9. The third-order valence-electron chi connectivity index (χ3n) is 5.33. The summed E-state index contributed by atoms with van der Waals surface area (Å²) in [7, 11) is 0. The van der Waals surface area contributed by atoms with E-state index in [2.05, 4.69) is 4.98 Å². The lowest BCUT2D eigenvalue weighted by atomic mass is 9.92. The molecule has 0 amide bonds. The van der Waals surface area contributed by atoms with E-state index in [0.717, 1.165) is 22.9 Å². The molecule has 0 spiro atoms. The van der Waals surface area contributed by atoms with E-state index in [1.807, 2.05) is 28.8 Å². The van der Waals surface area contributed by atoms with Crippen LogP contribution in [0, 0.1) is 0 Å². The molecule has 2 atom stereocenters. The number of hydrogen-bond acceptors (Lipinski definition) is 3. The summed E-state index contributed by atoms with van der Waals surface area (Å²) in [5, 5.41) is 11.4. The first-order chi connectivity index (χ1) is 13.4. The van der Waals surface area contributed by atoms with Gasteiger partial charge in [0.2, 0.25) is 0 Å². The highest BCUT2D eigenvalue weighted by Gasteiger charge is 2.37. The number of furan rings is 1.